The van der Waals surface area contributed by atoms with E-state index in [2.05, 4.69) is 4.98 Å². The van der Waals surface area contributed by atoms with Crippen molar-refractivity contribution in [3.63, 3.8) is 0 Å². The first-order chi connectivity index (χ1) is 9.06. The van der Waals surface area contributed by atoms with Crippen molar-refractivity contribution >= 4 is 29.3 Å². The summed E-state index contributed by atoms with van der Waals surface area (Å²) in [5.41, 5.74) is 0. The number of amides is 1. The Hall–Kier alpha value is -1.73. The predicted molar refractivity (Wildman–Crippen MR) is 69.8 cm³/mol. The number of carboxylic acids is 1. The Morgan fingerprint density at radius 3 is 3.05 bits per heavy atom. The number of carbonyl (C=O) groups excluding carboxylic acids is 1. The number of hydrogen-bond acceptors (Lipinski definition) is 5. The van der Waals surface area contributed by atoms with Crippen molar-refractivity contribution in [3.05, 3.63) is 22.2 Å². The van der Waals surface area contributed by atoms with E-state index in [4.69, 9.17) is 9.84 Å². The van der Waals surface area contributed by atoms with Crippen LogP contribution in [0.1, 0.15) is 9.88 Å². The second-order valence-corrected chi connectivity index (χ2v) is 5.36. The van der Waals surface area contributed by atoms with E-state index >= 15 is 0 Å². The lowest BCUT2D eigenvalue weighted by Gasteiger charge is -2.30. The molecular formula is C12H14N2O4S. The van der Waals surface area contributed by atoms with Crippen LogP contribution in [0.3, 0.4) is 0 Å². The lowest BCUT2D eigenvalue weighted by atomic mass is 10.2. The third-order valence-corrected chi connectivity index (χ3v) is 3.56. The number of thiazole rings is 1. The zero-order valence-corrected chi connectivity index (χ0v) is 11.2. The number of aromatic nitrogens is 1. The van der Waals surface area contributed by atoms with E-state index in [9.17, 15) is 9.59 Å². The minimum Gasteiger partial charge on any atom is -0.479 e. The van der Waals surface area contributed by atoms with Crippen LogP contribution in [0.25, 0.3) is 6.08 Å². The molecule has 0 radical (unpaired) electrons. The molecule has 19 heavy (non-hydrogen) atoms. The summed E-state index contributed by atoms with van der Waals surface area (Å²) in [5, 5.41) is 9.80. The van der Waals surface area contributed by atoms with Crippen molar-refractivity contribution in [1.29, 1.82) is 0 Å². The zero-order valence-electron chi connectivity index (χ0n) is 10.4. The molecule has 1 aromatic heterocycles. The molecule has 102 valence electrons. The van der Waals surface area contributed by atoms with Gasteiger partial charge in [-0.05, 0) is 13.0 Å². The molecule has 7 heteroatoms. The first-order valence-corrected chi connectivity index (χ1v) is 6.62. The minimum atomic E-state index is -1.04. The molecule has 1 aromatic rings. The molecule has 1 saturated heterocycles. The number of carbonyl (C=O) groups is 2. The Bertz CT molecular complexity index is 512. The summed E-state index contributed by atoms with van der Waals surface area (Å²) in [4.78, 5) is 29.2. The van der Waals surface area contributed by atoms with Crippen molar-refractivity contribution in [2.45, 2.75) is 13.0 Å². The van der Waals surface area contributed by atoms with Crippen molar-refractivity contribution in [3.8, 4) is 0 Å². The van der Waals surface area contributed by atoms with Gasteiger partial charge in [-0.3, -0.25) is 4.79 Å². The third kappa shape index (κ3) is 3.62. The van der Waals surface area contributed by atoms with Crippen LogP contribution in [0.15, 0.2) is 12.3 Å². The smallest absolute Gasteiger partial charge is 0.334 e. The average molecular weight is 282 g/mol. The third-order valence-electron chi connectivity index (χ3n) is 2.68. The molecule has 1 aliphatic heterocycles. The Morgan fingerprint density at radius 1 is 1.63 bits per heavy atom. The average Bonchev–Trinajstić information content (AvgIpc) is 2.82. The summed E-state index contributed by atoms with van der Waals surface area (Å²) in [6.45, 7) is 2.63. The fourth-order valence-electron chi connectivity index (χ4n) is 1.71. The van der Waals surface area contributed by atoms with Crippen LogP contribution in [0.2, 0.25) is 0 Å². The highest BCUT2D eigenvalue weighted by molar-refractivity contribution is 7.12. The first kappa shape index (κ1) is 13.7. The van der Waals surface area contributed by atoms with Gasteiger partial charge in [-0.25, -0.2) is 9.78 Å². The highest BCUT2D eigenvalue weighted by atomic mass is 32.1. The Kier molecular flexibility index (Phi) is 4.28. The molecule has 2 rings (SSSR count). The van der Waals surface area contributed by atoms with Gasteiger partial charge in [0.15, 0.2) is 6.10 Å². The highest BCUT2D eigenvalue weighted by Gasteiger charge is 2.27. The molecule has 6 nitrogen and oxygen atoms in total. The number of aryl methyl sites for hydroxylation is 1. The van der Waals surface area contributed by atoms with E-state index in [1.54, 1.807) is 12.3 Å². The van der Waals surface area contributed by atoms with Gasteiger partial charge in [-0.1, -0.05) is 0 Å². The van der Waals surface area contributed by atoms with Crippen molar-refractivity contribution < 1.29 is 19.4 Å². The maximum absolute atomic E-state index is 11.9. The highest BCUT2D eigenvalue weighted by Crippen LogP contribution is 2.13. The van der Waals surface area contributed by atoms with Gasteiger partial charge >= 0.3 is 5.97 Å². The molecule has 0 spiro atoms. The molecule has 0 bridgehead atoms. The summed E-state index contributed by atoms with van der Waals surface area (Å²) >= 11 is 1.49. The first-order valence-electron chi connectivity index (χ1n) is 5.80. The van der Waals surface area contributed by atoms with Gasteiger partial charge in [0, 0.05) is 23.7 Å². The fourth-order valence-corrected chi connectivity index (χ4v) is 2.40. The largest absolute Gasteiger partial charge is 0.479 e. The van der Waals surface area contributed by atoms with E-state index < -0.39 is 12.1 Å². The van der Waals surface area contributed by atoms with Gasteiger partial charge in [0.05, 0.1) is 18.2 Å². The molecule has 1 atom stereocenters. The summed E-state index contributed by atoms with van der Waals surface area (Å²) in [6.07, 6.45) is 3.90. The maximum atomic E-state index is 11.9. The predicted octanol–water partition coefficient (Wildman–Crippen LogP) is 0.777. The standard InChI is InChI=1S/C12H14N2O4S/c1-8-13-6-9(19-8)2-3-11(15)14-4-5-18-10(7-14)12(16)17/h2-3,6,10H,4-5,7H2,1H3,(H,16,17)/b3-2+. The van der Waals surface area contributed by atoms with Crippen LogP contribution in [0.4, 0.5) is 0 Å². The molecule has 1 N–H and O–H groups in total. The van der Waals surface area contributed by atoms with Crippen LogP contribution in [0, 0.1) is 6.92 Å². The number of ether oxygens (including phenoxy) is 1. The number of rotatable bonds is 3. The molecule has 0 aromatic carbocycles. The summed E-state index contributed by atoms with van der Waals surface area (Å²) in [5.74, 6) is -1.25. The molecule has 0 aliphatic carbocycles. The Balaban J connectivity index is 1.96. The number of aliphatic carboxylic acids is 1. The van der Waals surface area contributed by atoms with E-state index in [1.807, 2.05) is 6.92 Å². The molecule has 1 aliphatic rings. The van der Waals surface area contributed by atoms with Crippen LogP contribution >= 0.6 is 11.3 Å². The van der Waals surface area contributed by atoms with E-state index in [0.717, 1.165) is 9.88 Å². The lowest BCUT2D eigenvalue weighted by molar-refractivity contribution is -0.158. The quantitative estimate of drug-likeness (QED) is 0.829. The van der Waals surface area contributed by atoms with Gasteiger partial charge in [-0.2, -0.15) is 0 Å². The van der Waals surface area contributed by atoms with E-state index in [1.165, 1.54) is 22.3 Å². The fraction of sp³-hybridized carbons (Fsp3) is 0.417. The Morgan fingerprint density at radius 2 is 2.42 bits per heavy atom. The van der Waals surface area contributed by atoms with Crippen molar-refractivity contribution in [1.82, 2.24) is 9.88 Å². The monoisotopic (exact) mass is 282 g/mol. The molecule has 2 heterocycles. The molecule has 1 unspecified atom stereocenters. The number of morpholine rings is 1. The van der Waals surface area contributed by atoms with Crippen LogP contribution < -0.4 is 0 Å². The molecule has 1 amide bonds. The van der Waals surface area contributed by atoms with E-state index in [-0.39, 0.29) is 19.1 Å². The van der Waals surface area contributed by atoms with Gasteiger partial charge in [0.25, 0.3) is 0 Å². The van der Waals surface area contributed by atoms with Gasteiger partial charge in [0.2, 0.25) is 5.91 Å². The molecule has 1 fully saturated rings. The summed E-state index contributed by atoms with van der Waals surface area (Å²) in [6, 6.07) is 0. The van der Waals surface area contributed by atoms with Crippen molar-refractivity contribution in [2.24, 2.45) is 0 Å². The van der Waals surface area contributed by atoms with Crippen molar-refractivity contribution in [2.75, 3.05) is 19.7 Å². The normalized spacial score (nSPS) is 19.8. The summed E-state index contributed by atoms with van der Waals surface area (Å²) < 4.78 is 5.06. The van der Waals surface area contributed by atoms with Gasteiger partial charge < -0.3 is 14.7 Å². The van der Waals surface area contributed by atoms with E-state index in [0.29, 0.717) is 6.54 Å². The molecule has 0 saturated carbocycles. The topological polar surface area (TPSA) is 79.7 Å². The SMILES string of the molecule is Cc1ncc(/C=C/C(=O)N2CCOC(C(=O)O)C2)s1. The second kappa shape index (κ2) is 5.94. The zero-order chi connectivity index (χ0) is 13.8. The molecular weight excluding hydrogens is 268 g/mol. The van der Waals surface area contributed by atoms with Gasteiger partial charge in [-0.15, -0.1) is 11.3 Å². The van der Waals surface area contributed by atoms with Gasteiger partial charge in [0.1, 0.15) is 0 Å². The lowest BCUT2D eigenvalue weighted by Crippen LogP contribution is -2.48. The number of hydrogen-bond donors (Lipinski definition) is 1. The minimum absolute atomic E-state index is 0.0836. The number of carboxylic acid groups (broad SMARTS) is 1. The van der Waals surface area contributed by atoms with Crippen LogP contribution in [-0.2, 0) is 14.3 Å². The van der Waals surface area contributed by atoms with Crippen LogP contribution in [0.5, 0.6) is 0 Å². The Labute approximate surface area is 114 Å². The number of nitrogens with zero attached hydrogens (tertiary/aromatic N) is 2. The summed E-state index contributed by atoms with van der Waals surface area (Å²) in [7, 11) is 0. The maximum Gasteiger partial charge on any atom is 0.334 e. The van der Waals surface area contributed by atoms with Crippen LogP contribution in [-0.4, -0.2) is 52.7 Å². The second-order valence-electron chi connectivity index (χ2n) is 4.10.